The van der Waals surface area contributed by atoms with E-state index in [4.69, 9.17) is 5.73 Å². The molecule has 1 atom stereocenters. The van der Waals surface area contributed by atoms with E-state index in [0.717, 1.165) is 17.2 Å². The summed E-state index contributed by atoms with van der Waals surface area (Å²) in [5, 5.41) is 0. The highest BCUT2D eigenvalue weighted by Gasteiger charge is 2.23. The van der Waals surface area contributed by atoms with Gasteiger partial charge in [0.2, 0.25) is 0 Å². The highest BCUT2D eigenvalue weighted by atomic mass is 19.1. The normalized spacial score (nSPS) is 25.1. The number of benzene rings is 1. The molecule has 2 rings (SSSR count). The highest BCUT2D eigenvalue weighted by Crippen LogP contribution is 2.32. The topological polar surface area (TPSA) is 29.3 Å². The Bertz CT molecular complexity index is 423. The van der Waals surface area contributed by atoms with E-state index in [0.29, 0.717) is 6.04 Å². The first-order valence-electron chi connectivity index (χ1n) is 7.27. The molecule has 0 aromatic heterocycles. The monoisotopic (exact) mass is 264 g/mol. The van der Waals surface area contributed by atoms with Gasteiger partial charge in [0.15, 0.2) is 0 Å². The molecule has 0 radical (unpaired) electrons. The first-order chi connectivity index (χ1) is 8.99. The summed E-state index contributed by atoms with van der Waals surface area (Å²) >= 11 is 0. The van der Waals surface area contributed by atoms with Gasteiger partial charge in [-0.05, 0) is 62.3 Å². The van der Waals surface area contributed by atoms with Gasteiger partial charge in [-0.25, -0.2) is 4.39 Å². The van der Waals surface area contributed by atoms with Crippen LogP contribution in [0.4, 0.5) is 10.1 Å². The Morgan fingerprint density at radius 2 is 1.89 bits per heavy atom. The second-order valence-electron chi connectivity index (χ2n) is 6.02. The molecule has 1 aromatic rings. The third-order valence-corrected chi connectivity index (χ3v) is 4.39. The predicted molar refractivity (Wildman–Crippen MR) is 78.8 cm³/mol. The van der Waals surface area contributed by atoms with Gasteiger partial charge in [-0.2, -0.15) is 0 Å². The first kappa shape index (κ1) is 14.3. The smallest absolute Gasteiger partial charge is 0.123 e. The second-order valence-corrected chi connectivity index (χ2v) is 6.02. The molecule has 0 amide bonds. The molecule has 0 heterocycles. The Morgan fingerprint density at radius 1 is 1.26 bits per heavy atom. The molecule has 0 saturated heterocycles. The van der Waals surface area contributed by atoms with Gasteiger partial charge in [-0.3, -0.25) is 0 Å². The molecule has 0 bridgehead atoms. The van der Waals surface area contributed by atoms with Crippen molar-refractivity contribution in [1.29, 1.82) is 0 Å². The Morgan fingerprint density at radius 3 is 2.47 bits per heavy atom. The maximum Gasteiger partial charge on any atom is 0.123 e. The highest BCUT2D eigenvalue weighted by molar-refractivity contribution is 5.55. The lowest BCUT2D eigenvalue weighted by Crippen LogP contribution is -2.35. The van der Waals surface area contributed by atoms with Gasteiger partial charge in [-0.15, -0.1) is 0 Å². The lowest BCUT2D eigenvalue weighted by molar-refractivity contribution is 0.340. The molecule has 1 aliphatic carbocycles. The van der Waals surface area contributed by atoms with E-state index in [1.54, 1.807) is 6.07 Å². The van der Waals surface area contributed by atoms with Crippen LogP contribution in [0.25, 0.3) is 0 Å². The van der Waals surface area contributed by atoms with Crippen LogP contribution in [0.3, 0.4) is 0 Å². The number of nitrogens with two attached hydrogens (primary N) is 1. The largest absolute Gasteiger partial charge is 0.371 e. The fourth-order valence-electron chi connectivity index (χ4n) is 3.04. The number of anilines is 1. The minimum atomic E-state index is -0.207. The van der Waals surface area contributed by atoms with Gasteiger partial charge >= 0.3 is 0 Å². The van der Waals surface area contributed by atoms with Crippen LogP contribution in [-0.4, -0.2) is 13.1 Å². The maximum atomic E-state index is 13.4. The van der Waals surface area contributed by atoms with Crippen molar-refractivity contribution in [2.75, 3.05) is 11.9 Å². The summed E-state index contributed by atoms with van der Waals surface area (Å²) in [6.07, 6.45) is 4.99. The molecule has 1 saturated carbocycles. The summed E-state index contributed by atoms with van der Waals surface area (Å²) in [5.41, 5.74) is 7.96. The van der Waals surface area contributed by atoms with E-state index in [2.05, 4.69) is 18.9 Å². The van der Waals surface area contributed by atoms with Crippen molar-refractivity contribution in [3.63, 3.8) is 0 Å². The van der Waals surface area contributed by atoms with E-state index < -0.39 is 0 Å². The van der Waals surface area contributed by atoms with Crippen molar-refractivity contribution in [3.8, 4) is 0 Å². The van der Waals surface area contributed by atoms with Crippen LogP contribution in [0.2, 0.25) is 0 Å². The van der Waals surface area contributed by atoms with E-state index >= 15 is 0 Å². The molecule has 19 heavy (non-hydrogen) atoms. The molecule has 2 nitrogen and oxygen atoms in total. The summed E-state index contributed by atoms with van der Waals surface area (Å²) in [6.45, 7) is 4.23. The van der Waals surface area contributed by atoms with Gasteiger partial charge in [0.1, 0.15) is 5.82 Å². The first-order valence-corrected chi connectivity index (χ1v) is 7.27. The lowest BCUT2D eigenvalue weighted by atomic mass is 9.86. The van der Waals surface area contributed by atoms with E-state index in [9.17, 15) is 4.39 Å². The van der Waals surface area contributed by atoms with Crippen LogP contribution >= 0.6 is 0 Å². The van der Waals surface area contributed by atoms with E-state index in [1.807, 2.05) is 13.0 Å². The quantitative estimate of drug-likeness (QED) is 0.898. The van der Waals surface area contributed by atoms with Crippen LogP contribution in [0, 0.1) is 11.7 Å². The number of halogens is 1. The van der Waals surface area contributed by atoms with Crippen molar-refractivity contribution in [2.24, 2.45) is 11.7 Å². The lowest BCUT2D eigenvalue weighted by Gasteiger charge is -2.36. The molecule has 1 aromatic carbocycles. The zero-order chi connectivity index (χ0) is 14.0. The van der Waals surface area contributed by atoms with Gasteiger partial charge in [0, 0.05) is 24.8 Å². The zero-order valence-electron chi connectivity index (χ0n) is 12.2. The maximum absolute atomic E-state index is 13.4. The minimum absolute atomic E-state index is 0.143. The van der Waals surface area contributed by atoms with Gasteiger partial charge < -0.3 is 10.6 Å². The van der Waals surface area contributed by atoms with Crippen molar-refractivity contribution in [3.05, 3.63) is 29.6 Å². The molecule has 106 valence electrons. The summed E-state index contributed by atoms with van der Waals surface area (Å²) < 4.78 is 13.4. The minimum Gasteiger partial charge on any atom is -0.371 e. The molecular formula is C16H25FN2. The number of hydrogen-bond acceptors (Lipinski definition) is 2. The number of rotatable bonds is 3. The van der Waals surface area contributed by atoms with Crippen LogP contribution in [0.5, 0.6) is 0 Å². The van der Waals surface area contributed by atoms with Crippen molar-refractivity contribution in [2.45, 2.75) is 51.6 Å². The fourth-order valence-corrected chi connectivity index (χ4v) is 3.04. The molecule has 1 aliphatic rings. The van der Waals surface area contributed by atoms with Crippen LogP contribution in [-0.2, 0) is 0 Å². The standard InChI is InChI=1S/C16H25FN2/c1-11-4-7-14(8-5-11)19(3)16-9-6-13(17)10-15(16)12(2)18/h6,9-12,14H,4-5,7-8,18H2,1-3H3. The van der Waals surface area contributed by atoms with Gasteiger partial charge in [0.05, 0.1) is 0 Å². The molecule has 1 unspecified atom stereocenters. The second kappa shape index (κ2) is 5.91. The Hall–Kier alpha value is -1.09. The SMILES string of the molecule is CC1CCC(N(C)c2ccc(F)cc2C(C)N)CC1. The molecule has 3 heteroatoms. The van der Waals surface area contributed by atoms with Crippen molar-refractivity contribution < 1.29 is 4.39 Å². The van der Waals surface area contributed by atoms with E-state index in [-0.39, 0.29) is 11.9 Å². The molecule has 1 fully saturated rings. The molecule has 2 N–H and O–H groups in total. The summed E-state index contributed by atoms with van der Waals surface area (Å²) in [4.78, 5) is 2.30. The number of hydrogen-bond donors (Lipinski definition) is 1. The van der Waals surface area contributed by atoms with Gasteiger partial charge in [0.25, 0.3) is 0 Å². The van der Waals surface area contributed by atoms with Crippen molar-refractivity contribution in [1.82, 2.24) is 0 Å². The fraction of sp³-hybridized carbons (Fsp3) is 0.625. The Kier molecular flexibility index (Phi) is 4.46. The summed E-state index contributed by atoms with van der Waals surface area (Å²) in [6, 6.07) is 5.38. The average Bonchev–Trinajstić information content (AvgIpc) is 2.38. The Balaban J connectivity index is 2.21. The Labute approximate surface area is 115 Å². The van der Waals surface area contributed by atoms with Crippen LogP contribution in [0.15, 0.2) is 18.2 Å². The number of nitrogens with zero attached hydrogens (tertiary/aromatic N) is 1. The predicted octanol–water partition coefficient (Wildman–Crippen LogP) is 3.86. The third-order valence-electron chi connectivity index (χ3n) is 4.39. The van der Waals surface area contributed by atoms with Crippen LogP contribution < -0.4 is 10.6 Å². The van der Waals surface area contributed by atoms with Crippen molar-refractivity contribution >= 4 is 5.69 Å². The van der Waals surface area contributed by atoms with E-state index in [1.165, 1.54) is 31.7 Å². The van der Waals surface area contributed by atoms with Gasteiger partial charge in [-0.1, -0.05) is 6.92 Å². The molecule has 0 spiro atoms. The molecular weight excluding hydrogens is 239 g/mol. The van der Waals surface area contributed by atoms with Crippen LogP contribution in [0.1, 0.15) is 51.1 Å². The average molecular weight is 264 g/mol. The molecule has 0 aliphatic heterocycles. The summed E-state index contributed by atoms with van der Waals surface area (Å²) in [7, 11) is 2.11. The third kappa shape index (κ3) is 3.27. The summed E-state index contributed by atoms with van der Waals surface area (Å²) in [5.74, 6) is 0.632. The zero-order valence-corrected chi connectivity index (χ0v) is 12.2.